The van der Waals surface area contributed by atoms with Gasteiger partial charge in [0.1, 0.15) is 0 Å². The van der Waals surface area contributed by atoms with Crippen molar-refractivity contribution in [1.29, 1.82) is 0 Å². The van der Waals surface area contributed by atoms with Crippen LogP contribution in [0.5, 0.6) is 0 Å². The molecule has 0 aromatic heterocycles. The predicted molar refractivity (Wildman–Crippen MR) is 82.4 cm³/mol. The molecule has 0 aliphatic rings. The monoisotopic (exact) mass is 247 g/mol. The third kappa shape index (κ3) is 2.45. The van der Waals surface area contributed by atoms with Crippen LogP contribution in [0.4, 0.5) is 5.69 Å². The molecule has 0 saturated carbocycles. The summed E-state index contributed by atoms with van der Waals surface area (Å²) >= 11 is 0. The molecule has 0 radical (unpaired) electrons. The van der Waals surface area contributed by atoms with Crippen LogP contribution in [0, 0.1) is 0 Å². The fourth-order valence-electron chi connectivity index (χ4n) is 2.41. The van der Waals surface area contributed by atoms with Gasteiger partial charge in [0.25, 0.3) is 0 Å². The summed E-state index contributed by atoms with van der Waals surface area (Å²) in [6.07, 6.45) is 0. The molecule has 1 N–H and O–H groups in total. The van der Waals surface area contributed by atoms with Crippen molar-refractivity contribution in [2.75, 3.05) is 5.32 Å². The van der Waals surface area contributed by atoms with E-state index in [2.05, 4.69) is 79.0 Å². The van der Waals surface area contributed by atoms with Gasteiger partial charge >= 0.3 is 0 Å². The largest absolute Gasteiger partial charge is 0.378 e. The zero-order valence-electron chi connectivity index (χ0n) is 11.0. The Hall–Kier alpha value is -2.28. The summed E-state index contributed by atoms with van der Waals surface area (Å²) in [7, 11) is 0. The van der Waals surface area contributed by atoms with Crippen LogP contribution in [0.2, 0.25) is 0 Å². The van der Waals surface area contributed by atoms with E-state index in [1.807, 2.05) is 6.07 Å². The molecule has 0 aliphatic carbocycles. The third-order valence-electron chi connectivity index (χ3n) is 3.46. The van der Waals surface area contributed by atoms with E-state index in [-0.39, 0.29) is 0 Å². The molecule has 94 valence electrons. The fourth-order valence-corrected chi connectivity index (χ4v) is 2.41. The minimum atomic E-state index is 0.298. The van der Waals surface area contributed by atoms with Crippen LogP contribution in [0.15, 0.2) is 72.8 Å². The van der Waals surface area contributed by atoms with Crippen LogP contribution < -0.4 is 5.32 Å². The molecule has 19 heavy (non-hydrogen) atoms. The lowest BCUT2D eigenvalue weighted by molar-refractivity contribution is 0.887. The maximum atomic E-state index is 3.60. The van der Waals surface area contributed by atoms with Crippen LogP contribution in [-0.4, -0.2) is 0 Å². The Bertz CT molecular complexity index is 668. The maximum Gasteiger partial charge on any atom is 0.0485 e. The Morgan fingerprint density at radius 1 is 0.737 bits per heavy atom. The van der Waals surface area contributed by atoms with E-state index in [4.69, 9.17) is 0 Å². The molecule has 0 aliphatic heterocycles. The molecular weight excluding hydrogens is 230 g/mol. The van der Waals surface area contributed by atoms with E-state index in [1.54, 1.807) is 0 Å². The number of benzene rings is 3. The Morgan fingerprint density at radius 3 is 2.26 bits per heavy atom. The molecule has 0 heterocycles. The molecule has 0 spiro atoms. The van der Waals surface area contributed by atoms with Crippen molar-refractivity contribution in [2.45, 2.75) is 13.0 Å². The van der Waals surface area contributed by atoms with Gasteiger partial charge in [-0.3, -0.25) is 0 Å². The first kappa shape index (κ1) is 11.8. The van der Waals surface area contributed by atoms with Gasteiger partial charge < -0.3 is 5.32 Å². The van der Waals surface area contributed by atoms with Gasteiger partial charge in [0, 0.05) is 17.1 Å². The summed E-state index contributed by atoms with van der Waals surface area (Å²) in [6.45, 7) is 2.19. The fraction of sp³-hybridized carbons (Fsp3) is 0.111. The molecular formula is C18H17N. The van der Waals surface area contributed by atoms with Gasteiger partial charge in [0.2, 0.25) is 0 Å². The van der Waals surface area contributed by atoms with Crippen LogP contribution >= 0.6 is 0 Å². The lowest BCUT2D eigenvalue weighted by Crippen LogP contribution is -2.06. The maximum absolute atomic E-state index is 3.60. The molecule has 3 aromatic rings. The van der Waals surface area contributed by atoms with Crippen LogP contribution in [0.1, 0.15) is 18.5 Å². The highest BCUT2D eigenvalue weighted by Crippen LogP contribution is 2.26. The molecule has 3 rings (SSSR count). The van der Waals surface area contributed by atoms with Crippen molar-refractivity contribution < 1.29 is 0 Å². The highest BCUT2D eigenvalue weighted by atomic mass is 14.9. The van der Waals surface area contributed by atoms with Crippen molar-refractivity contribution in [3.63, 3.8) is 0 Å². The van der Waals surface area contributed by atoms with Gasteiger partial charge in [-0.1, -0.05) is 66.7 Å². The first-order valence-electron chi connectivity index (χ1n) is 6.64. The minimum Gasteiger partial charge on any atom is -0.378 e. The third-order valence-corrected chi connectivity index (χ3v) is 3.46. The van der Waals surface area contributed by atoms with Crippen LogP contribution in [-0.2, 0) is 0 Å². The molecule has 0 fully saturated rings. The summed E-state index contributed by atoms with van der Waals surface area (Å²) in [4.78, 5) is 0. The van der Waals surface area contributed by atoms with Crippen molar-refractivity contribution in [3.8, 4) is 0 Å². The average Bonchev–Trinajstić information content (AvgIpc) is 2.48. The van der Waals surface area contributed by atoms with E-state index in [1.165, 1.54) is 22.0 Å². The SMILES string of the molecule is C[C@H](Nc1cccc2ccccc12)c1ccccc1. The lowest BCUT2D eigenvalue weighted by atomic mass is 10.1. The summed E-state index contributed by atoms with van der Waals surface area (Å²) in [6, 6.07) is 25.7. The molecule has 0 amide bonds. The summed E-state index contributed by atoms with van der Waals surface area (Å²) in [5, 5.41) is 6.14. The van der Waals surface area contributed by atoms with Gasteiger partial charge in [-0.25, -0.2) is 0 Å². The Kier molecular flexibility index (Phi) is 3.20. The number of hydrogen-bond donors (Lipinski definition) is 1. The molecule has 0 bridgehead atoms. The Balaban J connectivity index is 1.94. The Morgan fingerprint density at radius 2 is 1.42 bits per heavy atom. The lowest BCUT2D eigenvalue weighted by Gasteiger charge is -2.17. The summed E-state index contributed by atoms with van der Waals surface area (Å²) in [5.41, 5.74) is 2.49. The smallest absolute Gasteiger partial charge is 0.0485 e. The summed E-state index contributed by atoms with van der Waals surface area (Å²) < 4.78 is 0. The highest BCUT2D eigenvalue weighted by Gasteiger charge is 2.06. The molecule has 0 saturated heterocycles. The normalized spacial score (nSPS) is 12.3. The van der Waals surface area contributed by atoms with Crippen molar-refractivity contribution in [2.24, 2.45) is 0 Å². The second kappa shape index (κ2) is 5.15. The van der Waals surface area contributed by atoms with Crippen molar-refractivity contribution in [1.82, 2.24) is 0 Å². The number of anilines is 1. The van der Waals surface area contributed by atoms with Gasteiger partial charge in [0.05, 0.1) is 0 Å². The van der Waals surface area contributed by atoms with Crippen LogP contribution in [0.3, 0.4) is 0 Å². The molecule has 1 atom stereocenters. The van der Waals surface area contributed by atoms with E-state index < -0.39 is 0 Å². The topological polar surface area (TPSA) is 12.0 Å². The van der Waals surface area contributed by atoms with Gasteiger partial charge in [-0.05, 0) is 23.9 Å². The van der Waals surface area contributed by atoms with E-state index >= 15 is 0 Å². The molecule has 3 aromatic carbocycles. The highest BCUT2D eigenvalue weighted by molar-refractivity contribution is 5.93. The molecule has 1 heteroatoms. The predicted octanol–water partition coefficient (Wildman–Crippen LogP) is 5.01. The minimum absolute atomic E-state index is 0.298. The summed E-state index contributed by atoms with van der Waals surface area (Å²) in [5.74, 6) is 0. The second-order valence-corrected chi connectivity index (χ2v) is 4.80. The van der Waals surface area contributed by atoms with Crippen LogP contribution in [0.25, 0.3) is 10.8 Å². The van der Waals surface area contributed by atoms with E-state index in [9.17, 15) is 0 Å². The number of fused-ring (bicyclic) bond motifs is 1. The zero-order chi connectivity index (χ0) is 13.1. The number of hydrogen-bond acceptors (Lipinski definition) is 1. The first-order valence-corrected chi connectivity index (χ1v) is 6.64. The molecule has 1 nitrogen and oxygen atoms in total. The number of rotatable bonds is 3. The molecule has 0 unspecified atom stereocenters. The standard InChI is InChI=1S/C18H17N/c1-14(15-8-3-2-4-9-15)19-18-13-7-11-16-10-5-6-12-17(16)18/h2-14,19H,1H3/t14-/m0/s1. The number of nitrogens with one attached hydrogen (secondary N) is 1. The van der Waals surface area contributed by atoms with E-state index in [0.717, 1.165) is 0 Å². The first-order chi connectivity index (χ1) is 9.34. The van der Waals surface area contributed by atoms with E-state index in [0.29, 0.717) is 6.04 Å². The quantitative estimate of drug-likeness (QED) is 0.685. The van der Waals surface area contributed by atoms with Crippen molar-refractivity contribution >= 4 is 16.5 Å². The average molecular weight is 247 g/mol. The van der Waals surface area contributed by atoms with Gasteiger partial charge in [-0.15, -0.1) is 0 Å². The Labute approximate surface area is 113 Å². The second-order valence-electron chi connectivity index (χ2n) is 4.80. The van der Waals surface area contributed by atoms with Crippen molar-refractivity contribution in [3.05, 3.63) is 78.4 Å². The van der Waals surface area contributed by atoms with Gasteiger partial charge in [-0.2, -0.15) is 0 Å². The van der Waals surface area contributed by atoms with Gasteiger partial charge in [0.15, 0.2) is 0 Å². The zero-order valence-corrected chi connectivity index (χ0v) is 11.0.